The number of aryl methyl sites for hydroxylation is 2. The number of benzene rings is 2. The SMILES string of the molecule is Cc1ccc(-c2nc(CN3C(=O)[C@@H](C)N(c4ccc(C)cc4)C3=O)co2)cc1. The Kier molecular flexibility index (Phi) is 4.47. The summed E-state index contributed by atoms with van der Waals surface area (Å²) in [5.41, 5.74) is 4.34. The molecule has 142 valence electrons. The number of hydrogen-bond donors (Lipinski definition) is 0. The summed E-state index contributed by atoms with van der Waals surface area (Å²) in [6, 6.07) is 14.5. The standard InChI is InChI=1S/C22H21N3O3/c1-14-4-8-17(9-5-14)20-23-18(13-28-20)12-24-21(26)16(3)25(22(24)27)19-10-6-15(2)7-11-19/h4-11,13,16H,12H2,1-3H3/t16-/m1/s1. The first-order valence-corrected chi connectivity index (χ1v) is 9.17. The van der Waals surface area contributed by atoms with Crippen molar-refractivity contribution in [3.63, 3.8) is 0 Å². The second kappa shape index (κ2) is 6.96. The van der Waals surface area contributed by atoms with Gasteiger partial charge in [0, 0.05) is 11.3 Å². The molecule has 3 amide bonds. The van der Waals surface area contributed by atoms with Crippen molar-refractivity contribution in [2.75, 3.05) is 4.90 Å². The molecule has 0 saturated carbocycles. The van der Waals surface area contributed by atoms with Gasteiger partial charge in [0.15, 0.2) is 0 Å². The number of imide groups is 1. The molecule has 2 aromatic carbocycles. The smallest absolute Gasteiger partial charge is 0.332 e. The highest BCUT2D eigenvalue weighted by Crippen LogP contribution is 2.28. The minimum atomic E-state index is -0.557. The molecule has 1 aliphatic rings. The lowest BCUT2D eigenvalue weighted by molar-refractivity contribution is -0.127. The normalized spacial score (nSPS) is 16.9. The van der Waals surface area contributed by atoms with Gasteiger partial charge in [0.05, 0.1) is 12.2 Å². The Hall–Kier alpha value is -3.41. The van der Waals surface area contributed by atoms with Crippen LogP contribution in [0.5, 0.6) is 0 Å². The molecule has 0 spiro atoms. The van der Waals surface area contributed by atoms with E-state index in [9.17, 15) is 9.59 Å². The lowest BCUT2D eigenvalue weighted by Crippen LogP contribution is -2.33. The topological polar surface area (TPSA) is 66.7 Å². The van der Waals surface area contributed by atoms with E-state index in [1.54, 1.807) is 6.92 Å². The van der Waals surface area contributed by atoms with Gasteiger partial charge < -0.3 is 4.42 Å². The zero-order valence-electron chi connectivity index (χ0n) is 16.0. The third-order valence-electron chi connectivity index (χ3n) is 4.93. The van der Waals surface area contributed by atoms with Crippen molar-refractivity contribution in [1.82, 2.24) is 9.88 Å². The molecule has 1 aliphatic heterocycles. The Morgan fingerprint density at radius 1 is 0.964 bits per heavy atom. The van der Waals surface area contributed by atoms with Crippen LogP contribution in [0.15, 0.2) is 59.2 Å². The first-order chi connectivity index (χ1) is 13.4. The maximum Gasteiger partial charge on any atom is 0.332 e. The van der Waals surface area contributed by atoms with Crippen LogP contribution in [0.25, 0.3) is 11.5 Å². The van der Waals surface area contributed by atoms with Gasteiger partial charge in [-0.25, -0.2) is 9.78 Å². The highest BCUT2D eigenvalue weighted by Gasteiger charge is 2.43. The van der Waals surface area contributed by atoms with E-state index in [2.05, 4.69) is 4.98 Å². The summed E-state index contributed by atoms with van der Waals surface area (Å²) in [7, 11) is 0. The molecule has 1 saturated heterocycles. The fourth-order valence-electron chi connectivity index (χ4n) is 3.28. The van der Waals surface area contributed by atoms with Crippen LogP contribution in [0.2, 0.25) is 0 Å². The van der Waals surface area contributed by atoms with Crippen LogP contribution in [-0.2, 0) is 11.3 Å². The first-order valence-electron chi connectivity index (χ1n) is 9.17. The summed E-state index contributed by atoms with van der Waals surface area (Å²) >= 11 is 0. The van der Waals surface area contributed by atoms with E-state index < -0.39 is 6.04 Å². The molecule has 0 radical (unpaired) electrons. The number of oxazole rings is 1. The van der Waals surface area contributed by atoms with Crippen molar-refractivity contribution in [1.29, 1.82) is 0 Å². The van der Waals surface area contributed by atoms with Gasteiger partial charge >= 0.3 is 6.03 Å². The van der Waals surface area contributed by atoms with E-state index in [1.807, 2.05) is 62.4 Å². The van der Waals surface area contributed by atoms with Gasteiger partial charge in [-0.15, -0.1) is 0 Å². The monoisotopic (exact) mass is 375 g/mol. The number of nitrogens with zero attached hydrogens (tertiary/aromatic N) is 3. The number of urea groups is 1. The average Bonchev–Trinajstić information content (AvgIpc) is 3.23. The quantitative estimate of drug-likeness (QED) is 0.637. The van der Waals surface area contributed by atoms with Gasteiger partial charge in [-0.3, -0.25) is 14.6 Å². The van der Waals surface area contributed by atoms with E-state index in [0.29, 0.717) is 17.3 Å². The van der Waals surface area contributed by atoms with E-state index in [-0.39, 0.29) is 18.5 Å². The molecule has 6 nitrogen and oxygen atoms in total. The number of amides is 3. The average molecular weight is 375 g/mol. The van der Waals surface area contributed by atoms with Gasteiger partial charge in [0.25, 0.3) is 5.91 Å². The maximum absolute atomic E-state index is 12.9. The Morgan fingerprint density at radius 3 is 2.21 bits per heavy atom. The predicted octanol–water partition coefficient (Wildman–Crippen LogP) is 4.32. The summed E-state index contributed by atoms with van der Waals surface area (Å²) in [6.45, 7) is 5.81. The van der Waals surface area contributed by atoms with Crippen LogP contribution in [0.4, 0.5) is 10.5 Å². The van der Waals surface area contributed by atoms with Crippen LogP contribution >= 0.6 is 0 Å². The number of rotatable bonds is 4. The van der Waals surface area contributed by atoms with Crippen LogP contribution in [-0.4, -0.2) is 27.9 Å². The fourth-order valence-corrected chi connectivity index (χ4v) is 3.28. The van der Waals surface area contributed by atoms with Crippen molar-refractivity contribution in [2.24, 2.45) is 0 Å². The Morgan fingerprint density at radius 2 is 1.57 bits per heavy atom. The molecule has 0 aliphatic carbocycles. The second-order valence-electron chi connectivity index (χ2n) is 7.10. The largest absolute Gasteiger partial charge is 0.444 e. The fraction of sp³-hybridized carbons (Fsp3) is 0.227. The van der Waals surface area contributed by atoms with Crippen LogP contribution in [0, 0.1) is 13.8 Å². The first kappa shape index (κ1) is 18.0. The Bertz CT molecular complexity index is 1020. The van der Waals surface area contributed by atoms with Crippen LogP contribution < -0.4 is 4.90 Å². The Labute approximate surface area is 163 Å². The third-order valence-corrected chi connectivity index (χ3v) is 4.93. The minimum absolute atomic E-state index is 0.0831. The summed E-state index contributed by atoms with van der Waals surface area (Å²) in [5, 5.41) is 0. The van der Waals surface area contributed by atoms with Crippen molar-refractivity contribution < 1.29 is 14.0 Å². The van der Waals surface area contributed by atoms with Gasteiger partial charge in [-0.05, 0) is 45.0 Å². The minimum Gasteiger partial charge on any atom is -0.444 e. The van der Waals surface area contributed by atoms with E-state index >= 15 is 0 Å². The number of anilines is 1. The van der Waals surface area contributed by atoms with E-state index in [4.69, 9.17) is 4.42 Å². The lowest BCUT2D eigenvalue weighted by Gasteiger charge is -2.19. The lowest BCUT2D eigenvalue weighted by atomic mass is 10.1. The number of aromatic nitrogens is 1. The molecule has 1 atom stereocenters. The molecule has 0 N–H and O–H groups in total. The van der Waals surface area contributed by atoms with Gasteiger partial charge in [-0.1, -0.05) is 35.4 Å². The third kappa shape index (κ3) is 3.17. The summed E-state index contributed by atoms with van der Waals surface area (Å²) < 4.78 is 5.55. The van der Waals surface area contributed by atoms with Crippen LogP contribution in [0.1, 0.15) is 23.7 Å². The summed E-state index contributed by atoms with van der Waals surface area (Å²) in [6.07, 6.45) is 1.49. The molecule has 2 heterocycles. The van der Waals surface area contributed by atoms with Crippen molar-refractivity contribution in [2.45, 2.75) is 33.4 Å². The molecule has 3 aromatic rings. The van der Waals surface area contributed by atoms with Crippen LogP contribution in [0.3, 0.4) is 0 Å². The van der Waals surface area contributed by atoms with E-state index in [0.717, 1.165) is 16.7 Å². The molecule has 0 unspecified atom stereocenters. The molecular formula is C22H21N3O3. The zero-order valence-corrected chi connectivity index (χ0v) is 16.0. The molecule has 1 fully saturated rings. The molecule has 4 rings (SSSR count). The zero-order chi connectivity index (χ0) is 19.8. The predicted molar refractivity (Wildman–Crippen MR) is 106 cm³/mol. The number of carbonyl (C=O) groups excluding carboxylic acids is 2. The molecule has 6 heteroatoms. The van der Waals surface area contributed by atoms with Gasteiger partial charge in [-0.2, -0.15) is 0 Å². The highest BCUT2D eigenvalue weighted by molar-refractivity contribution is 6.13. The van der Waals surface area contributed by atoms with Crippen molar-refractivity contribution in [3.05, 3.63) is 71.6 Å². The van der Waals surface area contributed by atoms with Gasteiger partial charge in [0.2, 0.25) is 5.89 Å². The number of hydrogen-bond acceptors (Lipinski definition) is 4. The molecule has 28 heavy (non-hydrogen) atoms. The van der Waals surface area contributed by atoms with Crippen molar-refractivity contribution >= 4 is 17.6 Å². The molecule has 1 aromatic heterocycles. The van der Waals surface area contributed by atoms with Gasteiger partial charge in [0.1, 0.15) is 12.3 Å². The Balaban J connectivity index is 1.55. The van der Waals surface area contributed by atoms with Crippen molar-refractivity contribution in [3.8, 4) is 11.5 Å². The summed E-state index contributed by atoms with van der Waals surface area (Å²) in [5.74, 6) is 0.225. The number of carbonyl (C=O) groups is 2. The molecular weight excluding hydrogens is 354 g/mol. The summed E-state index contributed by atoms with van der Waals surface area (Å²) in [4.78, 5) is 32.8. The maximum atomic E-state index is 12.9. The second-order valence-corrected chi connectivity index (χ2v) is 7.10. The molecule has 0 bridgehead atoms. The highest BCUT2D eigenvalue weighted by atomic mass is 16.3. The van der Waals surface area contributed by atoms with E-state index in [1.165, 1.54) is 16.1 Å².